The number of hydrogen-bond acceptors (Lipinski definition) is 5. The molecule has 2 aromatic carbocycles. The Labute approximate surface area is 140 Å². The van der Waals surface area contributed by atoms with E-state index in [-0.39, 0.29) is 0 Å². The highest BCUT2D eigenvalue weighted by atomic mass is 16.6. The normalized spacial score (nSPS) is 11.8. The standard InChI is InChI=1S/C17H19N5O2/c1-11-7-5-8-12(2)15(11)18-20-17(22(23)24)21-19-16-13(3)9-6-10-14(16)4/h5-10,18H,1-4H3. The molecular weight excluding hydrogens is 306 g/mol. The maximum atomic E-state index is 11.2. The van der Waals surface area contributed by atoms with E-state index < -0.39 is 10.9 Å². The van der Waals surface area contributed by atoms with Crippen LogP contribution in [0.3, 0.4) is 0 Å². The number of nitrogens with one attached hydrogen (secondary N) is 1. The SMILES string of the molecule is Cc1cccc(C)c1N=NC(=NNc1c(C)cccc1C)[N+](=O)[O-]. The van der Waals surface area contributed by atoms with Crippen LogP contribution < -0.4 is 5.43 Å². The molecule has 0 bridgehead atoms. The van der Waals surface area contributed by atoms with Crippen LogP contribution in [0, 0.1) is 37.8 Å². The summed E-state index contributed by atoms with van der Waals surface area (Å²) >= 11 is 0. The third kappa shape index (κ3) is 4.01. The lowest BCUT2D eigenvalue weighted by molar-refractivity contribution is -0.352. The second kappa shape index (κ2) is 7.45. The predicted octanol–water partition coefficient (Wildman–Crippen LogP) is 4.66. The van der Waals surface area contributed by atoms with Gasteiger partial charge in [-0.2, -0.15) is 0 Å². The van der Waals surface area contributed by atoms with Crippen LogP contribution in [0.1, 0.15) is 22.3 Å². The first kappa shape index (κ1) is 17.3. The molecule has 0 atom stereocenters. The Bertz CT molecular complexity index is 787. The Morgan fingerprint density at radius 3 is 1.96 bits per heavy atom. The van der Waals surface area contributed by atoms with Crippen LogP contribution >= 0.6 is 0 Å². The van der Waals surface area contributed by atoms with Gasteiger partial charge in [-0.25, -0.2) is 5.43 Å². The van der Waals surface area contributed by atoms with Crippen molar-refractivity contribution < 1.29 is 4.92 Å². The van der Waals surface area contributed by atoms with Crippen LogP contribution in [0.25, 0.3) is 0 Å². The van der Waals surface area contributed by atoms with Gasteiger partial charge in [0.05, 0.1) is 10.8 Å². The van der Waals surface area contributed by atoms with Gasteiger partial charge in [0.25, 0.3) is 0 Å². The second-order valence-electron chi connectivity index (χ2n) is 5.49. The molecule has 0 aliphatic carbocycles. The molecule has 0 saturated heterocycles. The largest absolute Gasteiger partial charge is 0.511 e. The van der Waals surface area contributed by atoms with E-state index >= 15 is 0 Å². The summed E-state index contributed by atoms with van der Waals surface area (Å²) in [6, 6.07) is 11.4. The van der Waals surface area contributed by atoms with Gasteiger partial charge in [0.1, 0.15) is 5.69 Å². The average molecular weight is 325 g/mol. The van der Waals surface area contributed by atoms with Crippen molar-refractivity contribution in [2.75, 3.05) is 5.43 Å². The third-order valence-corrected chi connectivity index (χ3v) is 3.59. The number of aryl methyl sites for hydroxylation is 4. The van der Waals surface area contributed by atoms with Crippen molar-refractivity contribution in [3.63, 3.8) is 0 Å². The molecule has 2 rings (SSSR count). The molecule has 0 unspecified atom stereocenters. The van der Waals surface area contributed by atoms with Crippen molar-refractivity contribution in [2.24, 2.45) is 15.3 Å². The van der Waals surface area contributed by atoms with Gasteiger partial charge in [0.2, 0.25) is 0 Å². The fourth-order valence-corrected chi connectivity index (χ4v) is 2.25. The van der Waals surface area contributed by atoms with Gasteiger partial charge in [-0.3, -0.25) is 0 Å². The van der Waals surface area contributed by atoms with Crippen molar-refractivity contribution in [1.29, 1.82) is 0 Å². The molecule has 0 heterocycles. The number of nitrogens with zero attached hydrogens (tertiary/aromatic N) is 4. The second-order valence-corrected chi connectivity index (χ2v) is 5.49. The van der Waals surface area contributed by atoms with E-state index in [2.05, 4.69) is 20.8 Å². The number of hydrazone groups is 1. The Kier molecular flexibility index (Phi) is 5.36. The van der Waals surface area contributed by atoms with Crippen LogP contribution in [0.15, 0.2) is 51.7 Å². The molecule has 24 heavy (non-hydrogen) atoms. The fourth-order valence-electron chi connectivity index (χ4n) is 2.25. The fraction of sp³-hybridized carbons (Fsp3) is 0.235. The molecule has 0 amide bonds. The van der Waals surface area contributed by atoms with Crippen molar-refractivity contribution in [1.82, 2.24) is 0 Å². The summed E-state index contributed by atoms with van der Waals surface area (Å²) in [5, 5.41) is 22.7. The summed E-state index contributed by atoms with van der Waals surface area (Å²) in [4.78, 5) is 10.5. The molecule has 2 aromatic rings. The van der Waals surface area contributed by atoms with E-state index in [9.17, 15) is 10.1 Å². The number of hydrogen-bond donors (Lipinski definition) is 1. The maximum Gasteiger partial charge on any atom is 0.511 e. The van der Waals surface area contributed by atoms with E-state index in [1.807, 2.05) is 64.1 Å². The van der Waals surface area contributed by atoms with Gasteiger partial charge in [0.15, 0.2) is 0 Å². The Morgan fingerprint density at radius 1 is 0.958 bits per heavy atom. The highest BCUT2D eigenvalue weighted by Crippen LogP contribution is 2.23. The maximum absolute atomic E-state index is 11.2. The van der Waals surface area contributed by atoms with E-state index in [0.29, 0.717) is 5.69 Å². The molecule has 124 valence electrons. The zero-order valence-electron chi connectivity index (χ0n) is 14.1. The average Bonchev–Trinajstić information content (AvgIpc) is 2.51. The van der Waals surface area contributed by atoms with Gasteiger partial charge < -0.3 is 10.1 Å². The quantitative estimate of drug-likeness (QED) is 0.292. The summed E-state index contributed by atoms with van der Waals surface area (Å²) < 4.78 is 0. The number of benzene rings is 2. The van der Waals surface area contributed by atoms with Gasteiger partial charge in [-0.1, -0.05) is 41.5 Å². The number of para-hydroxylation sites is 1. The van der Waals surface area contributed by atoms with Gasteiger partial charge >= 0.3 is 5.96 Å². The van der Waals surface area contributed by atoms with E-state index in [1.54, 1.807) is 0 Å². The van der Waals surface area contributed by atoms with E-state index in [4.69, 9.17) is 0 Å². The zero-order valence-corrected chi connectivity index (χ0v) is 14.1. The summed E-state index contributed by atoms with van der Waals surface area (Å²) in [6.45, 7) is 7.54. The van der Waals surface area contributed by atoms with E-state index in [1.165, 1.54) is 0 Å². The minimum Gasteiger partial charge on any atom is -0.390 e. The van der Waals surface area contributed by atoms with Crippen LogP contribution in [0.2, 0.25) is 0 Å². The van der Waals surface area contributed by atoms with Crippen molar-refractivity contribution in [3.8, 4) is 0 Å². The summed E-state index contributed by atoms with van der Waals surface area (Å²) in [7, 11) is 0. The smallest absolute Gasteiger partial charge is 0.390 e. The Morgan fingerprint density at radius 2 is 1.46 bits per heavy atom. The zero-order chi connectivity index (χ0) is 17.7. The first-order chi connectivity index (χ1) is 11.4. The number of azo groups is 1. The summed E-state index contributed by atoms with van der Waals surface area (Å²) in [6.07, 6.45) is 0. The monoisotopic (exact) mass is 325 g/mol. The topological polar surface area (TPSA) is 92.2 Å². The lowest BCUT2D eigenvalue weighted by Gasteiger charge is -2.05. The molecule has 0 radical (unpaired) electrons. The highest BCUT2D eigenvalue weighted by molar-refractivity contribution is 5.74. The van der Waals surface area contributed by atoms with Crippen LogP contribution in [-0.2, 0) is 0 Å². The highest BCUT2D eigenvalue weighted by Gasteiger charge is 2.14. The number of anilines is 1. The molecule has 0 aliphatic rings. The minimum absolute atomic E-state index is 0.597. The first-order valence-electron chi connectivity index (χ1n) is 7.42. The van der Waals surface area contributed by atoms with Crippen LogP contribution in [0.4, 0.5) is 11.4 Å². The Balaban J connectivity index is 2.30. The minimum atomic E-state index is -0.669. The van der Waals surface area contributed by atoms with E-state index in [0.717, 1.165) is 27.9 Å². The molecule has 0 fully saturated rings. The summed E-state index contributed by atoms with van der Waals surface area (Å²) in [5.74, 6) is -0.597. The molecule has 0 aliphatic heterocycles. The first-order valence-corrected chi connectivity index (χ1v) is 7.42. The number of nitro groups is 1. The third-order valence-electron chi connectivity index (χ3n) is 3.59. The molecule has 7 heteroatoms. The van der Waals surface area contributed by atoms with Crippen molar-refractivity contribution in [3.05, 3.63) is 68.8 Å². The van der Waals surface area contributed by atoms with Gasteiger partial charge in [0, 0.05) is 5.10 Å². The Hall–Kier alpha value is -3.09. The van der Waals surface area contributed by atoms with Crippen LogP contribution in [-0.4, -0.2) is 10.9 Å². The number of guanidine groups is 1. The molecule has 1 N–H and O–H groups in total. The van der Waals surface area contributed by atoms with Crippen LogP contribution in [0.5, 0.6) is 0 Å². The summed E-state index contributed by atoms with van der Waals surface area (Å²) in [5.41, 5.74) is 7.71. The van der Waals surface area contributed by atoms with Crippen molar-refractivity contribution >= 4 is 17.3 Å². The molecule has 7 nitrogen and oxygen atoms in total. The van der Waals surface area contributed by atoms with Gasteiger partial charge in [-0.05, 0) is 54.9 Å². The lowest BCUT2D eigenvalue weighted by Crippen LogP contribution is -2.11. The molecular formula is C17H19N5O2. The molecule has 0 spiro atoms. The van der Waals surface area contributed by atoms with Crippen molar-refractivity contribution in [2.45, 2.75) is 27.7 Å². The molecule has 0 aromatic heterocycles. The predicted molar refractivity (Wildman–Crippen MR) is 94.4 cm³/mol. The molecule has 0 saturated carbocycles. The lowest BCUT2D eigenvalue weighted by atomic mass is 10.1. The van der Waals surface area contributed by atoms with Gasteiger partial charge in [-0.15, -0.1) is 0 Å². The number of rotatable bonds is 3.